The molecular weight excluding hydrogens is 257 g/mol. The highest BCUT2D eigenvalue weighted by molar-refractivity contribution is 5.41. The van der Waals surface area contributed by atoms with Crippen molar-refractivity contribution in [3.63, 3.8) is 0 Å². The second-order valence-corrected chi connectivity index (χ2v) is 4.75. The van der Waals surface area contributed by atoms with Gasteiger partial charge in [0.25, 0.3) is 0 Å². The van der Waals surface area contributed by atoms with E-state index in [2.05, 4.69) is 9.97 Å². The van der Waals surface area contributed by atoms with E-state index in [9.17, 15) is 4.39 Å². The summed E-state index contributed by atoms with van der Waals surface area (Å²) in [6.07, 6.45) is 4.90. The summed E-state index contributed by atoms with van der Waals surface area (Å²) < 4.78 is 19.0. The molecule has 0 radical (unpaired) electrons. The van der Waals surface area contributed by atoms with Gasteiger partial charge in [-0.1, -0.05) is 0 Å². The molecule has 0 saturated heterocycles. The minimum atomic E-state index is -0.461. The minimum absolute atomic E-state index is 0.392. The molecule has 1 atom stereocenters. The molecule has 0 saturated carbocycles. The summed E-state index contributed by atoms with van der Waals surface area (Å²) in [5, 5.41) is 0. The van der Waals surface area contributed by atoms with E-state index in [1.54, 1.807) is 19.4 Å². The highest BCUT2D eigenvalue weighted by Crippen LogP contribution is 2.27. The summed E-state index contributed by atoms with van der Waals surface area (Å²) in [4.78, 5) is 8.11. The van der Waals surface area contributed by atoms with Crippen LogP contribution in [0.5, 0.6) is 5.75 Å². The van der Waals surface area contributed by atoms with Gasteiger partial charge in [-0.2, -0.15) is 0 Å². The van der Waals surface area contributed by atoms with Crippen molar-refractivity contribution in [1.82, 2.24) is 9.97 Å². The van der Waals surface area contributed by atoms with Crippen LogP contribution < -0.4 is 10.5 Å². The molecule has 0 fully saturated rings. The first kappa shape index (κ1) is 14.4. The Kier molecular flexibility index (Phi) is 4.29. The van der Waals surface area contributed by atoms with Crippen molar-refractivity contribution in [2.24, 2.45) is 5.73 Å². The molecule has 106 valence electrons. The second-order valence-electron chi connectivity index (χ2n) is 4.75. The Bertz CT molecular complexity index is 616. The molecule has 0 amide bonds. The average molecular weight is 275 g/mol. The maximum Gasteiger partial charge on any atom is 0.146 e. The smallest absolute Gasteiger partial charge is 0.146 e. The van der Waals surface area contributed by atoms with Crippen LogP contribution in [-0.2, 0) is 6.42 Å². The van der Waals surface area contributed by atoms with Crippen LogP contribution in [0.1, 0.15) is 28.4 Å². The number of ether oxygens (including phenoxy) is 1. The Balaban J connectivity index is 2.29. The predicted octanol–water partition coefficient (Wildman–Crippen LogP) is 2.48. The van der Waals surface area contributed by atoms with E-state index in [4.69, 9.17) is 10.5 Å². The molecule has 2 rings (SSSR count). The van der Waals surface area contributed by atoms with Crippen molar-refractivity contribution >= 4 is 0 Å². The van der Waals surface area contributed by atoms with Crippen molar-refractivity contribution in [2.75, 3.05) is 7.11 Å². The van der Waals surface area contributed by atoms with Gasteiger partial charge in [-0.15, -0.1) is 0 Å². The average Bonchev–Trinajstić information content (AvgIpc) is 2.43. The molecule has 0 aliphatic rings. The third kappa shape index (κ3) is 2.77. The van der Waals surface area contributed by atoms with Crippen LogP contribution in [0.3, 0.4) is 0 Å². The zero-order valence-corrected chi connectivity index (χ0v) is 11.9. The topological polar surface area (TPSA) is 61.0 Å². The number of methoxy groups -OCH3 is 1. The first-order chi connectivity index (χ1) is 9.54. The summed E-state index contributed by atoms with van der Waals surface area (Å²) >= 11 is 0. The van der Waals surface area contributed by atoms with E-state index in [0.29, 0.717) is 12.0 Å². The lowest BCUT2D eigenvalue weighted by Crippen LogP contribution is -2.17. The van der Waals surface area contributed by atoms with Crippen LogP contribution in [0.25, 0.3) is 0 Å². The normalized spacial score (nSPS) is 12.2. The number of rotatable bonds is 4. The van der Waals surface area contributed by atoms with E-state index in [1.165, 1.54) is 12.4 Å². The highest BCUT2D eigenvalue weighted by Gasteiger charge is 2.16. The van der Waals surface area contributed by atoms with E-state index < -0.39 is 11.9 Å². The monoisotopic (exact) mass is 275 g/mol. The number of pyridine rings is 2. The number of aromatic nitrogens is 2. The first-order valence-electron chi connectivity index (χ1n) is 6.38. The van der Waals surface area contributed by atoms with Crippen molar-refractivity contribution < 1.29 is 9.13 Å². The fraction of sp³-hybridized carbons (Fsp3) is 0.333. The fourth-order valence-corrected chi connectivity index (χ4v) is 2.28. The molecule has 4 nitrogen and oxygen atoms in total. The molecule has 1 unspecified atom stereocenters. The Morgan fingerprint density at radius 3 is 2.75 bits per heavy atom. The molecule has 2 N–H and O–H groups in total. The SMILES string of the molecule is COc1c(C)cnc(CC(N)c2ccncc2F)c1C. The Labute approximate surface area is 117 Å². The van der Waals surface area contributed by atoms with Gasteiger partial charge in [-0.25, -0.2) is 4.39 Å². The molecule has 5 heteroatoms. The maximum atomic E-state index is 13.7. The fourth-order valence-electron chi connectivity index (χ4n) is 2.28. The van der Waals surface area contributed by atoms with Gasteiger partial charge in [0.1, 0.15) is 11.6 Å². The summed E-state index contributed by atoms with van der Waals surface area (Å²) in [6.45, 7) is 3.87. The molecular formula is C15H18FN3O. The lowest BCUT2D eigenvalue weighted by molar-refractivity contribution is 0.406. The molecule has 2 aromatic rings. The Morgan fingerprint density at radius 1 is 1.35 bits per heavy atom. The number of halogens is 1. The van der Waals surface area contributed by atoms with Gasteiger partial charge in [0.15, 0.2) is 0 Å². The first-order valence-corrected chi connectivity index (χ1v) is 6.38. The molecule has 20 heavy (non-hydrogen) atoms. The molecule has 0 spiro atoms. The largest absolute Gasteiger partial charge is 0.496 e. The minimum Gasteiger partial charge on any atom is -0.496 e. The third-order valence-corrected chi connectivity index (χ3v) is 3.37. The van der Waals surface area contributed by atoms with E-state index in [1.807, 2.05) is 13.8 Å². The van der Waals surface area contributed by atoms with Crippen LogP contribution in [0.2, 0.25) is 0 Å². The summed E-state index contributed by atoms with van der Waals surface area (Å²) in [5.41, 5.74) is 9.25. The number of hydrogen-bond donors (Lipinski definition) is 1. The molecule has 0 aliphatic heterocycles. The highest BCUT2D eigenvalue weighted by atomic mass is 19.1. The molecule has 0 aromatic carbocycles. The van der Waals surface area contributed by atoms with Crippen LogP contribution in [0, 0.1) is 19.7 Å². The van der Waals surface area contributed by atoms with Crippen molar-refractivity contribution in [2.45, 2.75) is 26.3 Å². The van der Waals surface area contributed by atoms with E-state index >= 15 is 0 Å². The lowest BCUT2D eigenvalue weighted by Gasteiger charge is -2.16. The van der Waals surface area contributed by atoms with Crippen LogP contribution >= 0.6 is 0 Å². The van der Waals surface area contributed by atoms with Gasteiger partial charge >= 0.3 is 0 Å². The lowest BCUT2D eigenvalue weighted by atomic mass is 10.00. The molecule has 2 heterocycles. The van der Waals surface area contributed by atoms with Crippen molar-refractivity contribution in [3.8, 4) is 5.75 Å². The van der Waals surface area contributed by atoms with Gasteiger partial charge < -0.3 is 10.5 Å². The molecule has 0 aliphatic carbocycles. The molecule has 2 aromatic heterocycles. The van der Waals surface area contributed by atoms with Crippen molar-refractivity contribution in [3.05, 3.63) is 52.9 Å². The second kappa shape index (κ2) is 5.96. The van der Waals surface area contributed by atoms with Crippen molar-refractivity contribution in [1.29, 1.82) is 0 Å². The van der Waals surface area contributed by atoms with Crippen LogP contribution in [0.15, 0.2) is 24.7 Å². The quantitative estimate of drug-likeness (QED) is 0.931. The van der Waals surface area contributed by atoms with Gasteiger partial charge in [0.05, 0.1) is 13.3 Å². The van der Waals surface area contributed by atoms with E-state index in [0.717, 1.165) is 22.6 Å². The van der Waals surface area contributed by atoms with Gasteiger partial charge in [0.2, 0.25) is 0 Å². The molecule has 0 bridgehead atoms. The number of nitrogens with zero attached hydrogens (tertiary/aromatic N) is 2. The zero-order valence-electron chi connectivity index (χ0n) is 11.9. The number of nitrogens with two attached hydrogens (primary N) is 1. The van der Waals surface area contributed by atoms with E-state index in [-0.39, 0.29) is 0 Å². The zero-order chi connectivity index (χ0) is 14.7. The van der Waals surface area contributed by atoms with Crippen LogP contribution in [0.4, 0.5) is 4.39 Å². The predicted molar refractivity (Wildman–Crippen MR) is 75.1 cm³/mol. The Hall–Kier alpha value is -2.01. The standard InChI is InChI=1S/C15H18FN3O/c1-9-7-19-14(10(2)15(9)20-3)6-13(17)11-4-5-18-8-12(11)16/h4-5,7-8,13H,6,17H2,1-3H3. The van der Waals surface area contributed by atoms with Gasteiger partial charge in [-0.3, -0.25) is 9.97 Å². The van der Waals surface area contributed by atoms with Crippen LogP contribution in [-0.4, -0.2) is 17.1 Å². The summed E-state index contributed by atoms with van der Waals surface area (Å²) in [5.74, 6) is 0.411. The summed E-state index contributed by atoms with van der Waals surface area (Å²) in [6, 6.07) is 1.14. The number of aryl methyl sites for hydroxylation is 1. The number of hydrogen-bond acceptors (Lipinski definition) is 4. The maximum absolute atomic E-state index is 13.7. The Morgan fingerprint density at radius 2 is 2.10 bits per heavy atom. The third-order valence-electron chi connectivity index (χ3n) is 3.37. The van der Waals surface area contributed by atoms with Gasteiger partial charge in [0, 0.05) is 47.2 Å². The van der Waals surface area contributed by atoms with Gasteiger partial charge in [-0.05, 0) is 19.9 Å². The summed E-state index contributed by atoms with van der Waals surface area (Å²) in [7, 11) is 1.63.